The Bertz CT molecular complexity index is 549. The molecule has 0 aliphatic rings. The van der Waals surface area contributed by atoms with Crippen LogP contribution in [0.5, 0.6) is 5.75 Å². The van der Waals surface area contributed by atoms with Crippen molar-refractivity contribution in [3.05, 3.63) is 53.0 Å². The third-order valence-corrected chi connectivity index (χ3v) is 3.28. The molecule has 0 saturated carbocycles. The number of benzene rings is 1. The topological polar surface area (TPSA) is 60.4 Å². The number of hydrogen-bond donors (Lipinski definition) is 2. The fourth-order valence-electron chi connectivity index (χ4n) is 2.26. The van der Waals surface area contributed by atoms with Gasteiger partial charge in [0.15, 0.2) is 0 Å². The van der Waals surface area contributed by atoms with E-state index in [1.54, 1.807) is 13.4 Å². The molecule has 4 heteroatoms. The summed E-state index contributed by atoms with van der Waals surface area (Å²) in [6.07, 6.45) is 2.40. The van der Waals surface area contributed by atoms with Crippen LogP contribution in [0.4, 0.5) is 0 Å². The maximum absolute atomic E-state index is 5.66. The average molecular weight is 260 g/mol. The van der Waals surface area contributed by atoms with Crippen LogP contribution < -0.4 is 16.0 Å². The number of nitrogens with two attached hydrogens (primary N) is 1. The predicted molar refractivity (Wildman–Crippen MR) is 74.9 cm³/mol. The minimum Gasteiger partial charge on any atom is -0.496 e. The molecule has 102 valence electrons. The molecule has 4 nitrogen and oxygen atoms in total. The van der Waals surface area contributed by atoms with Crippen molar-refractivity contribution in [2.45, 2.75) is 26.3 Å². The van der Waals surface area contributed by atoms with Gasteiger partial charge in [0.2, 0.25) is 0 Å². The predicted octanol–water partition coefficient (Wildman–Crippen LogP) is 2.65. The van der Waals surface area contributed by atoms with E-state index in [1.807, 2.05) is 25.1 Å². The quantitative estimate of drug-likeness (QED) is 0.641. The van der Waals surface area contributed by atoms with Crippen LogP contribution in [0.3, 0.4) is 0 Å². The van der Waals surface area contributed by atoms with Crippen molar-refractivity contribution in [1.29, 1.82) is 0 Å². The van der Waals surface area contributed by atoms with Crippen LogP contribution in [0.15, 0.2) is 34.9 Å². The summed E-state index contributed by atoms with van der Waals surface area (Å²) in [7, 11) is 1.68. The van der Waals surface area contributed by atoms with Crippen LogP contribution in [-0.2, 0) is 6.42 Å². The second-order valence-corrected chi connectivity index (χ2v) is 4.71. The first-order valence-electron chi connectivity index (χ1n) is 6.29. The van der Waals surface area contributed by atoms with E-state index in [9.17, 15) is 0 Å². The van der Waals surface area contributed by atoms with Gasteiger partial charge in [0, 0.05) is 0 Å². The summed E-state index contributed by atoms with van der Waals surface area (Å²) in [5.41, 5.74) is 6.22. The first kappa shape index (κ1) is 13.6. The molecular weight excluding hydrogens is 240 g/mol. The molecule has 2 rings (SSSR count). The summed E-state index contributed by atoms with van der Waals surface area (Å²) >= 11 is 0. The van der Waals surface area contributed by atoms with Gasteiger partial charge < -0.3 is 9.15 Å². The van der Waals surface area contributed by atoms with Crippen LogP contribution in [-0.4, -0.2) is 7.11 Å². The average Bonchev–Trinajstić information content (AvgIpc) is 2.82. The third kappa shape index (κ3) is 2.97. The van der Waals surface area contributed by atoms with E-state index in [1.165, 1.54) is 5.56 Å². The van der Waals surface area contributed by atoms with Gasteiger partial charge in [0.05, 0.1) is 19.4 Å². The number of rotatable bonds is 5. The summed E-state index contributed by atoms with van der Waals surface area (Å²) < 4.78 is 10.9. The van der Waals surface area contributed by atoms with Crippen LogP contribution >= 0.6 is 0 Å². The van der Waals surface area contributed by atoms with Gasteiger partial charge in [-0.15, -0.1) is 0 Å². The Morgan fingerprint density at radius 2 is 2.11 bits per heavy atom. The van der Waals surface area contributed by atoms with Crippen molar-refractivity contribution in [3.8, 4) is 5.75 Å². The van der Waals surface area contributed by atoms with E-state index in [4.69, 9.17) is 15.0 Å². The van der Waals surface area contributed by atoms with Crippen molar-refractivity contribution < 1.29 is 9.15 Å². The largest absolute Gasteiger partial charge is 0.496 e. The molecule has 0 spiro atoms. The smallest absolute Gasteiger partial charge is 0.125 e. The molecule has 0 radical (unpaired) electrons. The number of methoxy groups -OCH3 is 1. The highest BCUT2D eigenvalue weighted by atomic mass is 16.5. The molecule has 19 heavy (non-hydrogen) atoms. The summed E-state index contributed by atoms with van der Waals surface area (Å²) in [5, 5.41) is 0. The van der Waals surface area contributed by atoms with E-state index in [2.05, 4.69) is 18.4 Å². The first-order valence-corrected chi connectivity index (χ1v) is 6.29. The number of ether oxygens (including phenoxy) is 1. The van der Waals surface area contributed by atoms with Gasteiger partial charge >= 0.3 is 0 Å². The molecule has 1 aromatic carbocycles. The van der Waals surface area contributed by atoms with Crippen molar-refractivity contribution in [2.75, 3.05) is 7.11 Å². The second-order valence-electron chi connectivity index (χ2n) is 4.71. The Balaban J connectivity index is 2.28. The van der Waals surface area contributed by atoms with Gasteiger partial charge in [0.1, 0.15) is 11.5 Å². The van der Waals surface area contributed by atoms with E-state index >= 15 is 0 Å². The highest BCUT2D eigenvalue weighted by Crippen LogP contribution is 2.27. The van der Waals surface area contributed by atoms with Crippen LogP contribution in [0.2, 0.25) is 0 Å². The lowest BCUT2D eigenvalue weighted by molar-refractivity contribution is 0.390. The molecule has 1 aromatic heterocycles. The molecule has 0 fully saturated rings. The molecule has 1 heterocycles. The van der Waals surface area contributed by atoms with Crippen LogP contribution in [0, 0.1) is 13.8 Å². The van der Waals surface area contributed by atoms with E-state index in [-0.39, 0.29) is 6.04 Å². The molecule has 0 amide bonds. The van der Waals surface area contributed by atoms with E-state index < -0.39 is 0 Å². The lowest BCUT2D eigenvalue weighted by atomic mass is 10.00. The number of hydrogen-bond acceptors (Lipinski definition) is 4. The Hall–Kier alpha value is -1.78. The van der Waals surface area contributed by atoms with Crippen LogP contribution in [0.25, 0.3) is 0 Å². The lowest BCUT2D eigenvalue weighted by Gasteiger charge is -2.17. The SMILES string of the molecule is COc1ccc(C)cc1CC(NN)c1occc1C. The fourth-order valence-corrected chi connectivity index (χ4v) is 2.26. The molecule has 0 saturated heterocycles. The standard InChI is InChI=1S/C15H20N2O2/c1-10-4-5-14(18-3)12(8-10)9-13(17-16)15-11(2)6-7-19-15/h4-8,13,17H,9,16H2,1-3H3. The maximum atomic E-state index is 5.66. The lowest BCUT2D eigenvalue weighted by Crippen LogP contribution is -2.29. The molecule has 1 unspecified atom stereocenters. The molecule has 0 aliphatic heterocycles. The molecule has 2 aromatic rings. The zero-order valence-electron chi connectivity index (χ0n) is 11.6. The minimum atomic E-state index is -0.0642. The van der Waals surface area contributed by atoms with Crippen molar-refractivity contribution >= 4 is 0 Å². The van der Waals surface area contributed by atoms with Gasteiger partial charge in [-0.25, -0.2) is 5.43 Å². The summed E-state index contributed by atoms with van der Waals surface area (Å²) in [6, 6.07) is 8.00. The van der Waals surface area contributed by atoms with Gasteiger partial charge in [-0.1, -0.05) is 17.7 Å². The fraction of sp³-hybridized carbons (Fsp3) is 0.333. The third-order valence-electron chi connectivity index (χ3n) is 3.28. The molecule has 0 bridgehead atoms. The number of nitrogens with one attached hydrogen (secondary N) is 1. The Kier molecular flexibility index (Phi) is 4.24. The Labute approximate surface area is 113 Å². The molecule has 0 aliphatic carbocycles. The van der Waals surface area contributed by atoms with Crippen molar-refractivity contribution in [3.63, 3.8) is 0 Å². The van der Waals surface area contributed by atoms with Crippen molar-refractivity contribution in [2.24, 2.45) is 5.84 Å². The highest BCUT2D eigenvalue weighted by Gasteiger charge is 2.18. The van der Waals surface area contributed by atoms with Gasteiger partial charge in [-0.2, -0.15) is 0 Å². The first-order chi connectivity index (χ1) is 9.15. The minimum absolute atomic E-state index is 0.0642. The maximum Gasteiger partial charge on any atom is 0.125 e. The normalized spacial score (nSPS) is 12.4. The number of furan rings is 1. The van der Waals surface area contributed by atoms with E-state index in [0.717, 1.165) is 29.1 Å². The summed E-state index contributed by atoms with van der Waals surface area (Å²) in [6.45, 7) is 4.07. The number of hydrazine groups is 1. The molecular formula is C15H20N2O2. The molecule has 1 atom stereocenters. The zero-order chi connectivity index (χ0) is 13.8. The van der Waals surface area contributed by atoms with Crippen LogP contribution in [0.1, 0.15) is 28.5 Å². The zero-order valence-corrected chi connectivity index (χ0v) is 11.6. The molecule has 3 N–H and O–H groups in total. The summed E-state index contributed by atoms with van der Waals surface area (Å²) in [5.74, 6) is 7.40. The highest BCUT2D eigenvalue weighted by molar-refractivity contribution is 5.38. The number of aryl methyl sites for hydroxylation is 2. The van der Waals surface area contributed by atoms with Gasteiger partial charge in [0.25, 0.3) is 0 Å². The van der Waals surface area contributed by atoms with Crippen molar-refractivity contribution in [1.82, 2.24) is 5.43 Å². The van der Waals surface area contributed by atoms with Gasteiger partial charge in [-0.05, 0) is 43.5 Å². The Morgan fingerprint density at radius 3 is 2.68 bits per heavy atom. The summed E-state index contributed by atoms with van der Waals surface area (Å²) in [4.78, 5) is 0. The second kappa shape index (κ2) is 5.91. The van der Waals surface area contributed by atoms with Gasteiger partial charge in [-0.3, -0.25) is 5.84 Å². The monoisotopic (exact) mass is 260 g/mol. The van der Waals surface area contributed by atoms with E-state index in [0.29, 0.717) is 0 Å². The Morgan fingerprint density at radius 1 is 1.32 bits per heavy atom.